The Morgan fingerprint density at radius 2 is 1.85 bits per heavy atom. The minimum Gasteiger partial charge on any atom is -0.367 e. The van der Waals surface area contributed by atoms with E-state index in [2.05, 4.69) is 4.98 Å². The third-order valence-electron chi connectivity index (χ3n) is 5.98. The van der Waals surface area contributed by atoms with Gasteiger partial charge in [-0.05, 0) is 63.5 Å². The lowest BCUT2D eigenvalue weighted by Crippen LogP contribution is -2.42. The topological polar surface area (TPSA) is 85.5 Å². The molecule has 6 heteroatoms. The number of carbonyl (C=O) groups is 2. The molecule has 0 bridgehead atoms. The highest BCUT2D eigenvalue weighted by Gasteiger charge is 2.37. The van der Waals surface area contributed by atoms with Gasteiger partial charge in [0.05, 0.1) is 17.4 Å². The van der Waals surface area contributed by atoms with Gasteiger partial charge in [0, 0.05) is 24.7 Å². The zero-order valence-electron chi connectivity index (χ0n) is 15.3. The highest BCUT2D eigenvalue weighted by molar-refractivity contribution is 5.95. The Balaban J connectivity index is 1.38. The van der Waals surface area contributed by atoms with Gasteiger partial charge in [-0.2, -0.15) is 0 Å². The predicted octanol–water partition coefficient (Wildman–Crippen LogP) is 2.15. The van der Waals surface area contributed by atoms with Crippen LogP contribution in [0.25, 0.3) is 0 Å². The second kappa shape index (κ2) is 6.99. The Morgan fingerprint density at radius 3 is 2.46 bits per heavy atom. The number of aromatic nitrogens is 1. The Hall–Kier alpha value is -1.95. The maximum Gasteiger partial charge on any atom is 0.255 e. The van der Waals surface area contributed by atoms with Crippen molar-refractivity contribution in [3.63, 3.8) is 0 Å². The van der Waals surface area contributed by atoms with Gasteiger partial charge in [-0.25, -0.2) is 0 Å². The third-order valence-corrected chi connectivity index (χ3v) is 5.98. The number of primary amides is 1. The average Bonchev–Trinajstić information content (AvgIpc) is 3.37. The molecular formula is C20H27N3O3. The zero-order valence-corrected chi connectivity index (χ0v) is 15.3. The fraction of sp³-hybridized carbons (Fsp3) is 0.650. The van der Waals surface area contributed by atoms with Gasteiger partial charge < -0.3 is 15.4 Å². The monoisotopic (exact) mass is 357 g/mol. The van der Waals surface area contributed by atoms with E-state index >= 15 is 0 Å². The Labute approximate surface area is 154 Å². The van der Waals surface area contributed by atoms with Crippen molar-refractivity contribution in [2.24, 2.45) is 11.7 Å². The molecule has 1 aromatic heterocycles. The number of pyridine rings is 1. The molecule has 3 fully saturated rings. The lowest BCUT2D eigenvalue weighted by molar-refractivity contribution is -0.130. The molecule has 3 aliphatic rings. The molecule has 2 aliphatic heterocycles. The minimum atomic E-state index is -0.431. The number of nitrogens with two attached hydrogens (primary N) is 1. The first kappa shape index (κ1) is 17.5. The summed E-state index contributed by atoms with van der Waals surface area (Å²) in [6, 6.07) is 3.88. The van der Waals surface area contributed by atoms with Crippen molar-refractivity contribution in [2.45, 2.75) is 63.6 Å². The first-order valence-corrected chi connectivity index (χ1v) is 9.74. The SMILES string of the molecule is Cc1ccc(C(=O)N2CCC([C@@H]3CC[C@H](C(N)=O)O3)CC2)c(C2CC2)n1. The van der Waals surface area contributed by atoms with Crippen LogP contribution in [0.3, 0.4) is 0 Å². The maximum atomic E-state index is 13.0. The van der Waals surface area contributed by atoms with E-state index in [0.717, 1.165) is 68.6 Å². The first-order chi connectivity index (χ1) is 12.5. The normalized spacial score (nSPS) is 26.9. The van der Waals surface area contributed by atoms with Gasteiger partial charge in [0.2, 0.25) is 5.91 Å². The van der Waals surface area contributed by atoms with Crippen molar-refractivity contribution in [1.29, 1.82) is 0 Å². The van der Waals surface area contributed by atoms with Gasteiger partial charge in [-0.1, -0.05) is 0 Å². The van der Waals surface area contributed by atoms with E-state index < -0.39 is 6.10 Å². The van der Waals surface area contributed by atoms with E-state index in [9.17, 15) is 9.59 Å². The average molecular weight is 357 g/mol. The number of aryl methyl sites for hydroxylation is 1. The number of nitrogens with zero attached hydrogens (tertiary/aromatic N) is 2. The summed E-state index contributed by atoms with van der Waals surface area (Å²) in [5, 5.41) is 0. The second-order valence-electron chi connectivity index (χ2n) is 7.93. The molecule has 1 aliphatic carbocycles. The molecule has 2 saturated heterocycles. The van der Waals surface area contributed by atoms with E-state index in [1.54, 1.807) is 0 Å². The van der Waals surface area contributed by atoms with Crippen LogP contribution in [0, 0.1) is 12.8 Å². The van der Waals surface area contributed by atoms with Crippen LogP contribution in [-0.2, 0) is 9.53 Å². The molecule has 26 heavy (non-hydrogen) atoms. The van der Waals surface area contributed by atoms with Gasteiger partial charge in [0.15, 0.2) is 0 Å². The van der Waals surface area contributed by atoms with Crippen LogP contribution in [-0.4, -0.2) is 47.0 Å². The van der Waals surface area contributed by atoms with Gasteiger partial charge >= 0.3 is 0 Å². The highest BCUT2D eigenvalue weighted by atomic mass is 16.5. The molecule has 2 amide bonds. The number of rotatable bonds is 4. The van der Waals surface area contributed by atoms with Crippen LogP contribution in [0.15, 0.2) is 12.1 Å². The van der Waals surface area contributed by atoms with Crippen molar-refractivity contribution in [1.82, 2.24) is 9.88 Å². The van der Waals surface area contributed by atoms with Crippen LogP contribution in [0.5, 0.6) is 0 Å². The summed E-state index contributed by atoms with van der Waals surface area (Å²) in [6.45, 7) is 3.46. The maximum absolute atomic E-state index is 13.0. The van der Waals surface area contributed by atoms with Crippen molar-refractivity contribution in [2.75, 3.05) is 13.1 Å². The van der Waals surface area contributed by atoms with Crippen LogP contribution in [0.4, 0.5) is 0 Å². The molecular weight excluding hydrogens is 330 g/mol. The largest absolute Gasteiger partial charge is 0.367 e. The molecule has 0 spiro atoms. The number of carbonyl (C=O) groups excluding carboxylic acids is 2. The first-order valence-electron chi connectivity index (χ1n) is 9.74. The predicted molar refractivity (Wildman–Crippen MR) is 96.7 cm³/mol. The van der Waals surface area contributed by atoms with Crippen LogP contribution < -0.4 is 5.73 Å². The molecule has 2 atom stereocenters. The highest BCUT2D eigenvalue weighted by Crippen LogP contribution is 2.41. The van der Waals surface area contributed by atoms with Crippen LogP contribution in [0.1, 0.15) is 66.2 Å². The molecule has 4 rings (SSSR count). The van der Waals surface area contributed by atoms with E-state index in [1.807, 2.05) is 24.0 Å². The number of ether oxygens (including phenoxy) is 1. The van der Waals surface area contributed by atoms with Crippen LogP contribution in [0.2, 0.25) is 0 Å². The molecule has 0 radical (unpaired) electrons. The van der Waals surface area contributed by atoms with Crippen molar-refractivity contribution in [3.05, 3.63) is 29.1 Å². The zero-order chi connectivity index (χ0) is 18.3. The van der Waals surface area contributed by atoms with Crippen molar-refractivity contribution >= 4 is 11.8 Å². The summed E-state index contributed by atoms with van der Waals surface area (Å²) in [7, 11) is 0. The Bertz CT molecular complexity index is 708. The molecule has 1 saturated carbocycles. The van der Waals surface area contributed by atoms with E-state index in [-0.39, 0.29) is 17.9 Å². The molecule has 0 aromatic carbocycles. The second-order valence-corrected chi connectivity index (χ2v) is 7.93. The number of hydrogen-bond donors (Lipinski definition) is 1. The Kier molecular flexibility index (Phi) is 4.69. The summed E-state index contributed by atoms with van der Waals surface area (Å²) in [4.78, 5) is 30.9. The fourth-order valence-corrected chi connectivity index (χ4v) is 4.29. The van der Waals surface area contributed by atoms with E-state index in [4.69, 9.17) is 10.5 Å². The Morgan fingerprint density at radius 1 is 1.12 bits per heavy atom. The molecule has 2 N–H and O–H groups in total. The molecule has 6 nitrogen and oxygen atoms in total. The molecule has 3 heterocycles. The minimum absolute atomic E-state index is 0.104. The van der Waals surface area contributed by atoms with E-state index in [1.165, 1.54) is 0 Å². The van der Waals surface area contributed by atoms with Gasteiger partial charge in [0.25, 0.3) is 5.91 Å². The van der Waals surface area contributed by atoms with Gasteiger partial charge in [-0.3, -0.25) is 14.6 Å². The molecule has 1 aromatic rings. The summed E-state index contributed by atoms with van der Waals surface area (Å²) in [5.74, 6) is 0.617. The van der Waals surface area contributed by atoms with Gasteiger partial charge in [0.1, 0.15) is 6.10 Å². The fourth-order valence-electron chi connectivity index (χ4n) is 4.29. The molecule has 140 valence electrons. The molecule has 0 unspecified atom stereocenters. The summed E-state index contributed by atoms with van der Waals surface area (Å²) < 4.78 is 5.83. The van der Waals surface area contributed by atoms with Crippen molar-refractivity contribution in [3.8, 4) is 0 Å². The number of likely N-dealkylation sites (tertiary alicyclic amines) is 1. The van der Waals surface area contributed by atoms with Crippen LogP contribution >= 0.6 is 0 Å². The number of amides is 2. The third kappa shape index (κ3) is 3.47. The lowest BCUT2D eigenvalue weighted by Gasteiger charge is -2.35. The standard InChI is InChI=1S/C20H27N3O3/c1-12-2-5-15(18(22-12)14-3-4-14)20(25)23-10-8-13(9-11-23)16-6-7-17(26-16)19(21)24/h2,5,13-14,16-17H,3-4,6-11H2,1H3,(H2,21,24)/t16-,17+/m0/s1. The van der Waals surface area contributed by atoms with Crippen molar-refractivity contribution < 1.29 is 14.3 Å². The quantitative estimate of drug-likeness (QED) is 0.895. The number of hydrogen-bond acceptors (Lipinski definition) is 4. The summed E-state index contributed by atoms with van der Waals surface area (Å²) in [6.07, 6.45) is 5.39. The summed E-state index contributed by atoms with van der Waals surface area (Å²) >= 11 is 0. The lowest BCUT2D eigenvalue weighted by atomic mass is 9.89. The summed E-state index contributed by atoms with van der Waals surface area (Å²) in [5.41, 5.74) is 8.09. The number of piperidine rings is 1. The van der Waals surface area contributed by atoms with E-state index in [0.29, 0.717) is 11.8 Å². The van der Waals surface area contributed by atoms with Gasteiger partial charge in [-0.15, -0.1) is 0 Å². The smallest absolute Gasteiger partial charge is 0.255 e.